The van der Waals surface area contributed by atoms with Gasteiger partial charge in [0.05, 0.1) is 12.1 Å². The molecule has 2 rings (SSSR count). The lowest BCUT2D eigenvalue weighted by molar-refractivity contribution is 0.118. The molecule has 0 spiro atoms. The summed E-state index contributed by atoms with van der Waals surface area (Å²) in [5, 5.41) is 9.99. The van der Waals surface area contributed by atoms with Crippen LogP contribution in [0.4, 0.5) is 0 Å². The van der Waals surface area contributed by atoms with Crippen LogP contribution >= 0.6 is 0 Å². The number of likely N-dealkylation sites (tertiary alicyclic amines) is 1. The molecule has 1 N–H and O–H groups in total. The fourth-order valence-electron chi connectivity index (χ4n) is 2.43. The molecule has 0 amide bonds. The highest BCUT2D eigenvalue weighted by atomic mass is 16.3. The van der Waals surface area contributed by atoms with Crippen molar-refractivity contribution in [3.8, 4) is 0 Å². The molecule has 1 aliphatic rings. The van der Waals surface area contributed by atoms with Crippen molar-refractivity contribution in [2.45, 2.75) is 25.6 Å². The molecule has 1 aliphatic heterocycles. The molecule has 1 heterocycles. The summed E-state index contributed by atoms with van der Waals surface area (Å²) >= 11 is 0. The van der Waals surface area contributed by atoms with Gasteiger partial charge in [-0.1, -0.05) is 43.3 Å². The molecular formula is C14H19NO. The monoisotopic (exact) mass is 217 g/mol. The largest absolute Gasteiger partial charge is 0.391 e. The maximum absolute atomic E-state index is 9.99. The van der Waals surface area contributed by atoms with Gasteiger partial charge < -0.3 is 5.11 Å². The summed E-state index contributed by atoms with van der Waals surface area (Å²) in [5.74, 6) is 0.326. The minimum Gasteiger partial charge on any atom is -0.391 e. The van der Waals surface area contributed by atoms with Crippen molar-refractivity contribution in [1.82, 2.24) is 4.90 Å². The van der Waals surface area contributed by atoms with Crippen molar-refractivity contribution < 1.29 is 5.11 Å². The second kappa shape index (κ2) is 4.81. The SMILES string of the molecule is C=C[C@H]1[C@H](O)[C@@H](C)CN1Cc1ccccc1. The van der Waals surface area contributed by atoms with Gasteiger partial charge in [-0.05, 0) is 11.5 Å². The Morgan fingerprint density at radius 2 is 2.12 bits per heavy atom. The summed E-state index contributed by atoms with van der Waals surface area (Å²) in [7, 11) is 0. The maximum atomic E-state index is 9.99. The van der Waals surface area contributed by atoms with Crippen LogP contribution in [0.5, 0.6) is 0 Å². The molecule has 0 radical (unpaired) electrons. The van der Waals surface area contributed by atoms with Gasteiger partial charge in [0, 0.05) is 13.1 Å². The molecule has 16 heavy (non-hydrogen) atoms. The third-order valence-electron chi connectivity index (χ3n) is 3.35. The number of benzene rings is 1. The van der Waals surface area contributed by atoms with Crippen molar-refractivity contribution in [2.24, 2.45) is 5.92 Å². The van der Waals surface area contributed by atoms with E-state index < -0.39 is 0 Å². The zero-order chi connectivity index (χ0) is 11.5. The Kier molecular flexibility index (Phi) is 3.42. The predicted octanol–water partition coefficient (Wildman–Crippen LogP) is 2.05. The van der Waals surface area contributed by atoms with E-state index in [-0.39, 0.29) is 12.1 Å². The van der Waals surface area contributed by atoms with Crippen LogP contribution in [0.3, 0.4) is 0 Å². The molecule has 0 aromatic heterocycles. The van der Waals surface area contributed by atoms with Gasteiger partial charge in [-0.3, -0.25) is 4.90 Å². The summed E-state index contributed by atoms with van der Waals surface area (Å²) in [6.07, 6.45) is 1.58. The average molecular weight is 217 g/mol. The number of hydrogen-bond acceptors (Lipinski definition) is 2. The Labute approximate surface area is 97.2 Å². The van der Waals surface area contributed by atoms with Gasteiger partial charge >= 0.3 is 0 Å². The Hall–Kier alpha value is -1.12. The molecule has 1 aromatic rings. The predicted molar refractivity (Wildman–Crippen MR) is 66.0 cm³/mol. The Balaban J connectivity index is 2.08. The van der Waals surface area contributed by atoms with Crippen LogP contribution in [-0.2, 0) is 6.54 Å². The lowest BCUT2D eigenvalue weighted by Crippen LogP contribution is -2.32. The lowest BCUT2D eigenvalue weighted by Gasteiger charge is -2.22. The van der Waals surface area contributed by atoms with Crippen LogP contribution < -0.4 is 0 Å². The topological polar surface area (TPSA) is 23.5 Å². The zero-order valence-electron chi connectivity index (χ0n) is 9.71. The summed E-state index contributed by atoms with van der Waals surface area (Å²) in [4.78, 5) is 2.29. The minimum absolute atomic E-state index is 0.0928. The second-order valence-corrected chi connectivity index (χ2v) is 4.61. The van der Waals surface area contributed by atoms with Crippen LogP contribution in [0.1, 0.15) is 12.5 Å². The first kappa shape index (κ1) is 11.4. The van der Waals surface area contributed by atoms with Crippen LogP contribution in [0, 0.1) is 5.92 Å². The Morgan fingerprint density at radius 1 is 1.44 bits per heavy atom. The van der Waals surface area contributed by atoms with E-state index in [1.807, 2.05) is 24.3 Å². The van der Waals surface area contributed by atoms with Gasteiger partial charge in [-0.25, -0.2) is 0 Å². The standard InChI is InChI=1S/C14H19NO/c1-3-13-14(16)11(2)9-15(13)10-12-7-5-4-6-8-12/h3-8,11,13-14,16H,1,9-10H2,2H3/t11-,13-,14+/m0/s1. The lowest BCUT2D eigenvalue weighted by atomic mass is 10.0. The first-order valence-electron chi connectivity index (χ1n) is 5.81. The van der Waals surface area contributed by atoms with E-state index in [1.54, 1.807) is 0 Å². The van der Waals surface area contributed by atoms with E-state index in [2.05, 4.69) is 30.5 Å². The zero-order valence-corrected chi connectivity index (χ0v) is 9.71. The van der Waals surface area contributed by atoms with Crippen molar-refractivity contribution in [3.63, 3.8) is 0 Å². The highest BCUT2D eigenvalue weighted by molar-refractivity contribution is 5.16. The smallest absolute Gasteiger partial charge is 0.0768 e. The van der Waals surface area contributed by atoms with Gasteiger partial charge in [0.1, 0.15) is 0 Å². The van der Waals surface area contributed by atoms with Gasteiger partial charge in [-0.2, -0.15) is 0 Å². The van der Waals surface area contributed by atoms with E-state index in [1.165, 1.54) is 5.56 Å². The first-order chi connectivity index (χ1) is 7.72. The van der Waals surface area contributed by atoms with E-state index >= 15 is 0 Å². The summed E-state index contributed by atoms with van der Waals surface area (Å²) in [6, 6.07) is 10.5. The molecule has 2 nitrogen and oxygen atoms in total. The van der Waals surface area contributed by atoms with E-state index in [9.17, 15) is 5.11 Å². The molecule has 1 saturated heterocycles. The van der Waals surface area contributed by atoms with Crippen molar-refractivity contribution >= 4 is 0 Å². The van der Waals surface area contributed by atoms with Gasteiger partial charge in [0.15, 0.2) is 0 Å². The number of rotatable bonds is 3. The highest BCUT2D eigenvalue weighted by Crippen LogP contribution is 2.25. The molecule has 1 fully saturated rings. The number of aliphatic hydroxyl groups is 1. The molecule has 0 unspecified atom stereocenters. The third kappa shape index (κ3) is 2.18. The maximum Gasteiger partial charge on any atom is 0.0768 e. The van der Waals surface area contributed by atoms with E-state index in [0.29, 0.717) is 5.92 Å². The second-order valence-electron chi connectivity index (χ2n) is 4.61. The summed E-state index contributed by atoms with van der Waals surface area (Å²) in [5.41, 5.74) is 1.29. The van der Waals surface area contributed by atoms with Gasteiger partial charge in [0.2, 0.25) is 0 Å². The summed E-state index contributed by atoms with van der Waals surface area (Å²) < 4.78 is 0. The number of nitrogens with zero attached hydrogens (tertiary/aromatic N) is 1. The molecule has 0 saturated carbocycles. The number of hydrogen-bond donors (Lipinski definition) is 1. The molecule has 0 bridgehead atoms. The van der Waals surface area contributed by atoms with Crippen molar-refractivity contribution in [2.75, 3.05) is 6.54 Å². The first-order valence-corrected chi connectivity index (χ1v) is 5.81. The fourth-order valence-corrected chi connectivity index (χ4v) is 2.43. The van der Waals surface area contributed by atoms with E-state index in [4.69, 9.17) is 0 Å². The molecular weight excluding hydrogens is 198 g/mol. The highest BCUT2D eigenvalue weighted by Gasteiger charge is 2.35. The molecule has 86 valence electrons. The average Bonchev–Trinajstić information content (AvgIpc) is 2.56. The van der Waals surface area contributed by atoms with Crippen LogP contribution in [0.25, 0.3) is 0 Å². The summed E-state index contributed by atoms with van der Waals surface area (Å²) in [6.45, 7) is 7.73. The molecule has 0 aliphatic carbocycles. The van der Waals surface area contributed by atoms with E-state index in [0.717, 1.165) is 13.1 Å². The number of aliphatic hydroxyl groups excluding tert-OH is 1. The molecule has 1 aromatic carbocycles. The third-order valence-corrected chi connectivity index (χ3v) is 3.35. The normalized spacial score (nSPS) is 30.5. The quantitative estimate of drug-likeness (QED) is 0.783. The minimum atomic E-state index is -0.277. The van der Waals surface area contributed by atoms with Crippen molar-refractivity contribution in [3.05, 3.63) is 48.6 Å². The molecule has 2 heteroatoms. The van der Waals surface area contributed by atoms with Gasteiger partial charge in [0.25, 0.3) is 0 Å². The Bertz CT molecular complexity index is 349. The van der Waals surface area contributed by atoms with Crippen LogP contribution in [-0.4, -0.2) is 28.7 Å². The fraction of sp³-hybridized carbons (Fsp3) is 0.429. The van der Waals surface area contributed by atoms with Gasteiger partial charge in [-0.15, -0.1) is 6.58 Å². The van der Waals surface area contributed by atoms with Crippen molar-refractivity contribution in [1.29, 1.82) is 0 Å². The van der Waals surface area contributed by atoms with Crippen LogP contribution in [0.2, 0.25) is 0 Å². The molecule has 3 atom stereocenters. The Morgan fingerprint density at radius 3 is 2.75 bits per heavy atom. The van der Waals surface area contributed by atoms with Crippen LogP contribution in [0.15, 0.2) is 43.0 Å².